The number of hydrogen-bond acceptors (Lipinski definition) is 5. The van der Waals surface area contributed by atoms with Crippen LogP contribution < -0.4 is 20.9 Å². The molecule has 0 atom stereocenters. The highest BCUT2D eigenvalue weighted by Gasteiger charge is 2.30. The Morgan fingerprint density at radius 3 is 2.53 bits per heavy atom. The molecule has 1 aliphatic carbocycles. The van der Waals surface area contributed by atoms with Crippen molar-refractivity contribution in [2.75, 3.05) is 32.1 Å². The molecule has 0 spiro atoms. The highest BCUT2D eigenvalue weighted by molar-refractivity contribution is 6.31. The number of hydroxylamine groups is 1. The molecule has 10 heteroatoms. The van der Waals surface area contributed by atoms with Crippen LogP contribution in [0.1, 0.15) is 45.1 Å². The summed E-state index contributed by atoms with van der Waals surface area (Å²) in [6.45, 7) is 6.10. The minimum atomic E-state index is -0.625. The maximum atomic E-state index is 12.9. The Bertz CT molecular complexity index is 842. The van der Waals surface area contributed by atoms with Crippen LogP contribution in [0.2, 0.25) is 5.02 Å². The molecule has 4 amide bonds. The lowest BCUT2D eigenvalue weighted by Gasteiger charge is -2.34. The van der Waals surface area contributed by atoms with Crippen LogP contribution in [-0.2, 0) is 9.59 Å². The molecule has 0 unspecified atom stereocenters. The van der Waals surface area contributed by atoms with Crippen LogP contribution in [0.4, 0.5) is 10.5 Å². The number of nitrogens with one attached hydrogen (secondary N) is 3. The lowest BCUT2D eigenvalue weighted by Crippen LogP contribution is -2.46. The van der Waals surface area contributed by atoms with Gasteiger partial charge >= 0.3 is 6.03 Å². The number of aryl methyl sites for hydroxylation is 1. The molecule has 1 aromatic rings. The summed E-state index contributed by atoms with van der Waals surface area (Å²) < 4.78 is 5.27. The van der Waals surface area contributed by atoms with E-state index < -0.39 is 17.4 Å². The number of hydrogen-bond donors (Lipinski definition) is 4. The van der Waals surface area contributed by atoms with Crippen LogP contribution in [0.5, 0.6) is 5.75 Å². The van der Waals surface area contributed by atoms with E-state index in [9.17, 15) is 14.4 Å². The quantitative estimate of drug-likeness (QED) is 0.310. The van der Waals surface area contributed by atoms with Crippen LogP contribution in [0, 0.1) is 18.3 Å². The summed E-state index contributed by atoms with van der Waals surface area (Å²) >= 11 is 6.10. The molecule has 32 heavy (non-hydrogen) atoms. The largest absolute Gasteiger partial charge is 0.495 e. The van der Waals surface area contributed by atoms with Crippen molar-refractivity contribution < 1.29 is 24.3 Å². The standard InChI is InChI=1S/C22H33ClN4O5/c1-14-8-17(18(32-4)9-16(14)23)25-21(30)24-13-22(2,3)10-20(29)27(12-19(28)26-31)11-15-6-5-7-15/h8-9,15,31H,5-7,10-13H2,1-4H3,(H,26,28)(H2,24,25,30). The van der Waals surface area contributed by atoms with E-state index in [0.717, 1.165) is 24.8 Å². The predicted molar refractivity (Wildman–Crippen MR) is 122 cm³/mol. The molecule has 1 aliphatic rings. The third-order valence-corrected chi connectivity index (χ3v) is 6.01. The number of amides is 4. The van der Waals surface area contributed by atoms with Crippen molar-refractivity contribution in [1.82, 2.24) is 15.7 Å². The van der Waals surface area contributed by atoms with E-state index in [2.05, 4.69) is 10.6 Å². The topological polar surface area (TPSA) is 120 Å². The van der Waals surface area contributed by atoms with Crippen LogP contribution in [0.25, 0.3) is 0 Å². The van der Waals surface area contributed by atoms with E-state index in [1.165, 1.54) is 12.0 Å². The van der Waals surface area contributed by atoms with Gasteiger partial charge in [-0.25, -0.2) is 10.3 Å². The van der Waals surface area contributed by atoms with E-state index in [4.69, 9.17) is 21.5 Å². The van der Waals surface area contributed by atoms with Crippen molar-refractivity contribution in [1.29, 1.82) is 0 Å². The highest BCUT2D eigenvalue weighted by atomic mass is 35.5. The Labute approximate surface area is 193 Å². The monoisotopic (exact) mass is 468 g/mol. The van der Waals surface area contributed by atoms with Crippen molar-refractivity contribution in [2.45, 2.75) is 46.5 Å². The van der Waals surface area contributed by atoms with Gasteiger partial charge in [-0.05, 0) is 42.7 Å². The lowest BCUT2D eigenvalue weighted by molar-refractivity contribution is -0.141. The molecule has 4 N–H and O–H groups in total. The number of carbonyl (C=O) groups excluding carboxylic acids is 3. The second kappa shape index (κ2) is 11.4. The number of benzene rings is 1. The molecule has 0 heterocycles. The number of anilines is 1. The van der Waals surface area contributed by atoms with Gasteiger partial charge in [0.25, 0.3) is 5.91 Å². The van der Waals surface area contributed by atoms with Crippen molar-refractivity contribution in [3.8, 4) is 5.75 Å². The Hall–Kier alpha value is -2.52. The minimum Gasteiger partial charge on any atom is -0.495 e. The first-order chi connectivity index (χ1) is 15.0. The molecule has 0 radical (unpaired) electrons. The average molecular weight is 469 g/mol. The number of nitrogens with zero attached hydrogens (tertiary/aromatic N) is 1. The number of rotatable bonds is 10. The van der Waals surface area contributed by atoms with Crippen LogP contribution in [0.3, 0.4) is 0 Å². The fraction of sp³-hybridized carbons (Fsp3) is 0.591. The SMILES string of the molecule is COc1cc(Cl)c(C)cc1NC(=O)NCC(C)(C)CC(=O)N(CC(=O)NO)CC1CCC1. The summed E-state index contributed by atoms with van der Waals surface area (Å²) in [4.78, 5) is 38.4. The number of urea groups is 1. The van der Waals surface area contributed by atoms with Gasteiger partial charge in [-0.3, -0.25) is 14.8 Å². The fourth-order valence-electron chi connectivity index (χ4n) is 3.45. The van der Waals surface area contributed by atoms with Crippen molar-refractivity contribution in [3.05, 3.63) is 22.7 Å². The summed E-state index contributed by atoms with van der Waals surface area (Å²) in [6.07, 6.45) is 3.33. The zero-order valence-corrected chi connectivity index (χ0v) is 19.8. The van der Waals surface area contributed by atoms with E-state index in [1.54, 1.807) is 17.6 Å². The zero-order chi connectivity index (χ0) is 23.9. The second-order valence-corrected chi connectivity index (χ2v) is 9.46. The summed E-state index contributed by atoms with van der Waals surface area (Å²) in [5.74, 6) is 0.0112. The number of halogens is 1. The van der Waals surface area contributed by atoms with Gasteiger partial charge in [-0.15, -0.1) is 0 Å². The zero-order valence-electron chi connectivity index (χ0n) is 19.1. The van der Waals surface area contributed by atoms with Crippen LogP contribution in [0.15, 0.2) is 12.1 Å². The summed E-state index contributed by atoms with van der Waals surface area (Å²) in [5.41, 5.74) is 2.32. The molecule has 0 aromatic heterocycles. The first-order valence-corrected chi connectivity index (χ1v) is 11.0. The van der Waals surface area contributed by atoms with Crippen LogP contribution >= 0.6 is 11.6 Å². The van der Waals surface area contributed by atoms with Gasteiger partial charge in [0.15, 0.2) is 0 Å². The highest BCUT2D eigenvalue weighted by Crippen LogP contribution is 2.31. The Morgan fingerprint density at radius 2 is 1.97 bits per heavy atom. The Balaban J connectivity index is 1.93. The van der Waals surface area contributed by atoms with Crippen molar-refractivity contribution >= 4 is 35.1 Å². The second-order valence-electron chi connectivity index (χ2n) is 9.06. The van der Waals surface area contributed by atoms with Gasteiger partial charge in [0.1, 0.15) is 12.3 Å². The molecular formula is C22H33ClN4O5. The van der Waals surface area contributed by atoms with Gasteiger partial charge in [0, 0.05) is 30.6 Å². The van der Waals surface area contributed by atoms with Crippen LogP contribution in [-0.4, -0.2) is 54.7 Å². The van der Waals surface area contributed by atoms with Crippen molar-refractivity contribution in [2.24, 2.45) is 11.3 Å². The lowest BCUT2D eigenvalue weighted by atomic mass is 9.84. The molecule has 0 bridgehead atoms. The molecule has 1 fully saturated rings. The van der Waals surface area contributed by atoms with Gasteiger partial charge in [0.05, 0.1) is 12.8 Å². The maximum Gasteiger partial charge on any atom is 0.319 e. The Kier molecular flexibility index (Phi) is 9.15. The first kappa shape index (κ1) is 25.7. The van der Waals surface area contributed by atoms with Gasteiger partial charge in [-0.2, -0.15) is 0 Å². The fourth-order valence-corrected chi connectivity index (χ4v) is 3.60. The predicted octanol–water partition coefficient (Wildman–Crippen LogP) is 3.33. The van der Waals surface area contributed by atoms with Gasteiger partial charge in [-0.1, -0.05) is 31.9 Å². The number of ether oxygens (including phenoxy) is 1. The van der Waals surface area contributed by atoms with E-state index in [1.807, 2.05) is 20.8 Å². The number of methoxy groups -OCH3 is 1. The van der Waals surface area contributed by atoms with E-state index in [-0.39, 0.29) is 25.4 Å². The third-order valence-electron chi connectivity index (χ3n) is 5.60. The summed E-state index contributed by atoms with van der Waals surface area (Å²) in [6, 6.07) is 2.92. The summed E-state index contributed by atoms with van der Waals surface area (Å²) in [5, 5.41) is 14.9. The molecule has 1 aromatic carbocycles. The van der Waals surface area contributed by atoms with E-state index >= 15 is 0 Å². The molecule has 0 aliphatic heterocycles. The number of carbonyl (C=O) groups is 3. The first-order valence-electron chi connectivity index (χ1n) is 10.6. The van der Waals surface area contributed by atoms with Gasteiger partial charge in [0.2, 0.25) is 5.91 Å². The molecule has 178 valence electrons. The minimum absolute atomic E-state index is 0.141. The third kappa shape index (κ3) is 7.56. The molecule has 0 saturated heterocycles. The molecule has 2 rings (SSSR count). The normalized spacial score (nSPS) is 13.7. The van der Waals surface area contributed by atoms with Crippen molar-refractivity contribution in [3.63, 3.8) is 0 Å². The molecule has 1 saturated carbocycles. The molecule has 9 nitrogen and oxygen atoms in total. The van der Waals surface area contributed by atoms with Gasteiger partial charge < -0.3 is 20.3 Å². The smallest absolute Gasteiger partial charge is 0.319 e. The average Bonchev–Trinajstić information content (AvgIpc) is 2.70. The summed E-state index contributed by atoms with van der Waals surface area (Å²) in [7, 11) is 1.49. The maximum absolute atomic E-state index is 12.9. The van der Waals surface area contributed by atoms with E-state index in [0.29, 0.717) is 28.9 Å². The molecular weight excluding hydrogens is 436 g/mol. The Morgan fingerprint density at radius 1 is 1.28 bits per heavy atom.